The lowest BCUT2D eigenvalue weighted by atomic mass is 9.95. The van der Waals surface area contributed by atoms with E-state index >= 15 is 0 Å². The molecule has 6 rings (SSSR count). The highest BCUT2D eigenvalue weighted by Crippen LogP contribution is 2.36. The first-order valence-corrected chi connectivity index (χ1v) is 10.4. The average molecular weight is 392 g/mol. The summed E-state index contributed by atoms with van der Waals surface area (Å²) in [5.74, 6) is 0. The van der Waals surface area contributed by atoms with E-state index in [1.165, 1.54) is 49.3 Å². The molecule has 1 N–H and O–H groups in total. The summed E-state index contributed by atoms with van der Waals surface area (Å²) in [5, 5.41) is 8.52. The normalized spacial score (nSPS) is 15.9. The van der Waals surface area contributed by atoms with Crippen LogP contribution < -0.4 is 16.0 Å². The van der Waals surface area contributed by atoms with Gasteiger partial charge in [-0.25, -0.2) is 0 Å². The number of allylic oxidation sites excluding steroid dienone is 1. The summed E-state index contributed by atoms with van der Waals surface area (Å²) >= 11 is 0. The fraction of sp³-hybridized carbons (Fsp3) is 0.143. The predicted molar refractivity (Wildman–Crippen MR) is 129 cm³/mol. The summed E-state index contributed by atoms with van der Waals surface area (Å²) in [6, 6.07) is 17.7. The number of furan rings is 1. The number of aryl methyl sites for hydroxylation is 1. The molecule has 0 spiro atoms. The van der Waals surface area contributed by atoms with Crippen LogP contribution in [0.4, 0.5) is 5.69 Å². The first-order valence-electron chi connectivity index (χ1n) is 10.4. The molecular formula is C28H25NO. The number of para-hydroxylation sites is 1. The molecule has 0 saturated heterocycles. The Kier molecular flexibility index (Phi) is 4.36. The van der Waals surface area contributed by atoms with Gasteiger partial charge in [-0.15, -0.1) is 6.58 Å². The predicted octanol–water partition coefficient (Wildman–Crippen LogP) is 5.91. The van der Waals surface area contributed by atoms with Gasteiger partial charge in [0, 0.05) is 27.4 Å². The highest BCUT2D eigenvalue weighted by molar-refractivity contribution is 5.99. The number of benzene rings is 3. The molecule has 0 amide bonds. The van der Waals surface area contributed by atoms with Gasteiger partial charge in [-0.1, -0.05) is 49.1 Å². The van der Waals surface area contributed by atoms with Gasteiger partial charge in [-0.3, -0.25) is 0 Å². The highest BCUT2D eigenvalue weighted by Gasteiger charge is 2.29. The van der Waals surface area contributed by atoms with Gasteiger partial charge in [0.1, 0.15) is 11.0 Å². The molecule has 3 aromatic carbocycles. The van der Waals surface area contributed by atoms with Crippen LogP contribution >= 0.6 is 0 Å². The zero-order valence-corrected chi connectivity index (χ0v) is 17.5. The summed E-state index contributed by atoms with van der Waals surface area (Å²) in [4.78, 5) is 0. The minimum Gasteiger partial charge on any atom is -0.456 e. The SMILES string of the molecule is C=CC.C=Cc1cc2cc3c4c(oc3cc2cc1C)=C1c2ccccc2NC1CC=4. The van der Waals surface area contributed by atoms with Crippen LogP contribution in [0.1, 0.15) is 30.0 Å². The monoisotopic (exact) mass is 391 g/mol. The fourth-order valence-electron chi connectivity index (χ4n) is 4.65. The second-order valence-corrected chi connectivity index (χ2v) is 7.96. The van der Waals surface area contributed by atoms with E-state index in [0.29, 0.717) is 6.04 Å². The number of rotatable bonds is 1. The Morgan fingerprint density at radius 3 is 2.63 bits per heavy atom. The summed E-state index contributed by atoms with van der Waals surface area (Å²) in [7, 11) is 0. The van der Waals surface area contributed by atoms with Crippen molar-refractivity contribution >= 4 is 45.2 Å². The van der Waals surface area contributed by atoms with Gasteiger partial charge in [-0.2, -0.15) is 0 Å². The van der Waals surface area contributed by atoms with Crippen LogP contribution in [-0.2, 0) is 0 Å². The third-order valence-corrected chi connectivity index (χ3v) is 5.99. The van der Waals surface area contributed by atoms with Crippen molar-refractivity contribution in [1.29, 1.82) is 0 Å². The van der Waals surface area contributed by atoms with Crippen LogP contribution in [0.3, 0.4) is 0 Å². The molecule has 2 nitrogen and oxygen atoms in total. The average Bonchev–Trinajstić information content (AvgIpc) is 3.29. The number of hydrogen-bond donors (Lipinski definition) is 1. The maximum Gasteiger partial charge on any atom is 0.141 e. The van der Waals surface area contributed by atoms with E-state index in [-0.39, 0.29) is 0 Å². The van der Waals surface area contributed by atoms with Gasteiger partial charge >= 0.3 is 0 Å². The zero-order chi connectivity index (χ0) is 20.8. The van der Waals surface area contributed by atoms with Crippen LogP contribution in [-0.4, -0.2) is 6.04 Å². The second kappa shape index (κ2) is 7.07. The van der Waals surface area contributed by atoms with Gasteiger partial charge in [0.05, 0.1) is 6.04 Å². The van der Waals surface area contributed by atoms with Crippen molar-refractivity contribution in [2.24, 2.45) is 0 Å². The lowest BCUT2D eigenvalue weighted by molar-refractivity contribution is 0.567. The minimum atomic E-state index is 0.305. The summed E-state index contributed by atoms with van der Waals surface area (Å²) in [5.41, 5.74) is 8.18. The van der Waals surface area contributed by atoms with E-state index in [2.05, 4.69) is 80.0 Å². The number of nitrogens with one attached hydrogen (secondary N) is 1. The van der Waals surface area contributed by atoms with E-state index in [0.717, 1.165) is 17.4 Å². The molecule has 1 atom stereocenters. The highest BCUT2D eigenvalue weighted by atomic mass is 16.3. The molecule has 1 aliphatic carbocycles. The van der Waals surface area contributed by atoms with Crippen LogP contribution in [0.25, 0.3) is 39.5 Å². The standard InChI is InChI=1S/C25H19NO.C3H6/c1-3-15-11-17-12-20-18-8-9-22-24(19-6-4-5-7-21(19)26-22)25(18)27-23(20)13-16(17)10-14(15)2;1-3-2/h3-8,10-13,22,26H,1,9H2,2H3;3H,1H2,2H3. The molecule has 2 aliphatic rings. The molecule has 4 aromatic rings. The van der Waals surface area contributed by atoms with Crippen molar-refractivity contribution in [2.45, 2.75) is 26.3 Å². The van der Waals surface area contributed by atoms with E-state index < -0.39 is 0 Å². The number of fused-ring (bicyclic) bond motifs is 7. The van der Waals surface area contributed by atoms with Crippen molar-refractivity contribution in [1.82, 2.24) is 0 Å². The molecule has 0 saturated carbocycles. The van der Waals surface area contributed by atoms with Gasteiger partial charge < -0.3 is 9.73 Å². The van der Waals surface area contributed by atoms with Crippen molar-refractivity contribution in [3.05, 3.63) is 95.1 Å². The van der Waals surface area contributed by atoms with Crippen molar-refractivity contribution in [3.8, 4) is 0 Å². The first-order chi connectivity index (χ1) is 14.6. The molecule has 0 bridgehead atoms. The molecule has 1 unspecified atom stereocenters. The maximum absolute atomic E-state index is 6.44. The van der Waals surface area contributed by atoms with Crippen LogP contribution in [0.2, 0.25) is 0 Å². The second-order valence-electron chi connectivity index (χ2n) is 7.96. The third-order valence-electron chi connectivity index (χ3n) is 5.99. The lowest BCUT2D eigenvalue weighted by Gasteiger charge is -2.12. The Bertz CT molecular complexity index is 1450. The zero-order valence-electron chi connectivity index (χ0n) is 17.5. The maximum atomic E-state index is 6.44. The van der Waals surface area contributed by atoms with Gasteiger partial charge in [0.25, 0.3) is 0 Å². The molecule has 2 heterocycles. The molecule has 148 valence electrons. The lowest BCUT2D eigenvalue weighted by Crippen LogP contribution is -2.33. The van der Waals surface area contributed by atoms with E-state index in [1.54, 1.807) is 6.08 Å². The molecule has 0 radical (unpaired) electrons. The van der Waals surface area contributed by atoms with Crippen molar-refractivity contribution in [2.75, 3.05) is 5.32 Å². The van der Waals surface area contributed by atoms with Gasteiger partial charge in [0.15, 0.2) is 0 Å². The van der Waals surface area contributed by atoms with Gasteiger partial charge in [0.2, 0.25) is 0 Å². The molecule has 2 heteroatoms. The molecule has 0 fully saturated rings. The largest absolute Gasteiger partial charge is 0.456 e. The first kappa shape index (κ1) is 18.5. The third kappa shape index (κ3) is 2.72. The number of anilines is 1. The van der Waals surface area contributed by atoms with E-state index in [4.69, 9.17) is 4.42 Å². The van der Waals surface area contributed by atoms with E-state index in [9.17, 15) is 0 Å². The Morgan fingerprint density at radius 2 is 1.83 bits per heavy atom. The topological polar surface area (TPSA) is 25.2 Å². The molecular weight excluding hydrogens is 366 g/mol. The Hall–Kier alpha value is -3.52. The molecule has 30 heavy (non-hydrogen) atoms. The minimum absolute atomic E-state index is 0.305. The quantitative estimate of drug-likeness (QED) is 0.408. The van der Waals surface area contributed by atoms with Crippen LogP contribution in [0, 0.1) is 6.92 Å². The van der Waals surface area contributed by atoms with Gasteiger partial charge in [-0.05, 0) is 66.4 Å². The van der Waals surface area contributed by atoms with E-state index in [1.807, 2.05) is 13.0 Å². The van der Waals surface area contributed by atoms with Crippen molar-refractivity contribution in [3.63, 3.8) is 0 Å². The molecule has 1 aliphatic heterocycles. The molecule has 1 aromatic heterocycles. The summed E-state index contributed by atoms with van der Waals surface area (Å²) in [6.07, 6.45) is 6.98. The number of hydrogen-bond acceptors (Lipinski definition) is 2. The summed E-state index contributed by atoms with van der Waals surface area (Å²) in [6.45, 7) is 11.3. The Labute approximate surface area is 176 Å². The fourth-order valence-corrected chi connectivity index (χ4v) is 4.65. The van der Waals surface area contributed by atoms with Crippen LogP contribution in [0.5, 0.6) is 0 Å². The van der Waals surface area contributed by atoms with Crippen LogP contribution in [0.15, 0.2) is 72.2 Å². The summed E-state index contributed by atoms with van der Waals surface area (Å²) < 4.78 is 6.44. The van der Waals surface area contributed by atoms with Crippen molar-refractivity contribution < 1.29 is 4.42 Å². The smallest absolute Gasteiger partial charge is 0.141 e. The Balaban J connectivity index is 0.000000609. The Morgan fingerprint density at radius 1 is 1.07 bits per heavy atom.